The highest BCUT2D eigenvalue weighted by Gasteiger charge is 2.21. The molecule has 0 aliphatic carbocycles. The molecule has 0 heterocycles. The van der Waals surface area contributed by atoms with Crippen LogP contribution in [0.25, 0.3) is 0 Å². The third-order valence-corrected chi connectivity index (χ3v) is 3.29. The van der Waals surface area contributed by atoms with Crippen LogP contribution in [0.15, 0.2) is 12.1 Å². The van der Waals surface area contributed by atoms with E-state index in [9.17, 15) is 9.90 Å². The van der Waals surface area contributed by atoms with Crippen molar-refractivity contribution in [2.45, 2.75) is 6.04 Å². The summed E-state index contributed by atoms with van der Waals surface area (Å²) in [6, 6.07) is 2.52. The number of nitrogens with two attached hydrogens (primary N) is 1. The molecule has 0 radical (unpaired) electrons. The second kappa shape index (κ2) is 6.82. The molecule has 90 valence electrons. The maximum Gasteiger partial charge on any atom is 0.327 e. The van der Waals surface area contributed by atoms with E-state index in [1.165, 1.54) is 7.11 Å². The van der Waals surface area contributed by atoms with Crippen molar-refractivity contribution in [3.8, 4) is 5.75 Å². The zero-order chi connectivity index (χ0) is 11.6. The van der Waals surface area contributed by atoms with Gasteiger partial charge in [0.25, 0.3) is 0 Å². The number of methoxy groups -OCH3 is 1. The van der Waals surface area contributed by atoms with Gasteiger partial charge in [-0.25, -0.2) is 0 Å². The van der Waals surface area contributed by atoms with Gasteiger partial charge in [-0.15, -0.1) is 12.4 Å². The van der Waals surface area contributed by atoms with E-state index in [2.05, 4.69) is 27.3 Å². The third-order valence-electron chi connectivity index (χ3n) is 1.85. The second-order valence-electron chi connectivity index (χ2n) is 2.83. The van der Waals surface area contributed by atoms with E-state index >= 15 is 0 Å². The Balaban J connectivity index is 0.00000225. The van der Waals surface area contributed by atoms with E-state index in [0.717, 1.165) is 3.57 Å². The second-order valence-corrected chi connectivity index (χ2v) is 5.23. The van der Waals surface area contributed by atoms with E-state index < -0.39 is 12.0 Å². The highest BCUT2D eigenvalue weighted by atomic mass is 127. The molecule has 0 amide bonds. The van der Waals surface area contributed by atoms with Crippen molar-refractivity contribution in [1.82, 2.24) is 0 Å². The molecule has 1 rings (SSSR count). The maximum absolute atomic E-state index is 11.2. The normalized spacial score (nSPS) is 11.5. The van der Waals surface area contributed by atoms with Gasteiger partial charge < -0.3 is 15.6 Å². The van der Waals surface area contributed by atoms with Crippen LogP contribution in [0.5, 0.6) is 5.75 Å². The summed E-state index contributed by atoms with van der Waals surface area (Å²) in [5.74, 6) is -0.531. The average molecular weight is 469 g/mol. The highest BCUT2D eigenvalue weighted by Crippen LogP contribution is 2.30. The van der Waals surface area contributed by atoms with Crippen molar-refractivity contribution >= 4 is 63.6 Å². The number of ether oxygens (including phenoxy) is 1. The molecule has 3 N–H and O–H groups in total. The quantitative estimate of drug-likeness (QED) is 0.515. The van der Waals surface area contributed by atoms with Gasteiger partial charge in [0.2, 0.25) is 0 Å². The van der Waals surface area contributed by atoms with E-state index in [0.29, 0.717) is 9.13 Å². The van der Waals surface area contributed by atoms with E-state index in [-0.39, 0.29) is 18.2 Å². The first kappa shape index (κ1) is 16.2. The highest BCUT2D eigenvalue weighted by molar-refractivity contribution is 14.1. The Kier molecular flexibility index (Phi) is 6.90. The van der Waals surface area contributed by atoms with Gasteiger partial charge in [-0.2, -0.15) is 0 Å². The Hall–Kier alpha value is 0.200. The number of carbonyl (C=O) groups excluding carboxylic acids is 1. The van der Waals surface area contributed by atoms with Gasteiger partial charge in [-0.3, -0.25) is 4.79 Å². The van der Waals surface area contributed by atoms with E-state index in [4.69, 9.17) is 5.73 Å². The van der Waals surface area contributed by atoms with Crippen LogP contribution in [0.2, 0.25) is 0 Å². The molecule has 0 aromatic heterocycles. The maximum atomic E-state index is 11.2. The first-order valence-corrected chi connectivity index (χ1v) is 6.14. The topological polar surface area (TPSA) is 72.5 Å². The fourth-order valence-electron chi connectivity index (χ4n) is 1.08. The van der Waals surface area contributed by atoms with Crippen LogP contribution >= 0.6 is 57.6 Å². The molecule has 0 saturated carbocycles. The average Bonchev–Trinajstić information content (AvgIpc) is 2.21. The summed E-state index contributed by atoms with van der Waals surface area (Å²) in [4.78, 5) is 11.2. The van der Waals surface area contributed by atoms with Crippen molar-refractivity contribution in [3.05, 3.63) is 24.8 Å². The minimum absolute atomic E-state index is 0. The number of aromatic hydroxyl groups is 1. The SMILES string of the molecule is COC(=O)[C@H](N)c1cc(I)cc(I)c1O.Cl. The van der Waals surface area contributed by atoms with Crippen LogP contribution in [0.1, 0.15) is 11.6 Å². The van der Waals surface area contributed by atoms with Crippen molar-refractivity contribution < 1.29 is 14.6 Å². The predicted molar refractivity (Wildman–Crippen MR) is 79.7 cm³/mol. The predicted octanol–water partition coefficient (Wildman–Crippen LogP) is 2.20. The lowest BCUT2D eigenvalue weighted by Crippen LogP contribution is -2.23. The molecule has 1 aromatic rings. The number of halogens is 3. The van der Waals surface area contributed by atoms with Crippen LogP contribution in [-0.2, 0) is 9.53 Å². The Morgan fingerprint density at radius 2 is 2.06 bits per heavy atom. The lowest BCUT2D eigenvalue weighted by molar-refractivity contribution is -0.142. The Labute approximate surface area is 127 Å². The summed E-state index contributed by atoms with van der Waals surface area (Å²) < 4.78 is 6.09. The number of phenolic OH excluding ortho intramolecular Hbond substituents is 1. The molecule has 0 fully saturated rings. The smallest absolute Gasteiger partial charge is 0.327 e. The zero-order valence-electron chi connectivity index (χ0n) is 8.24. The van der Waals surface area contributed by atoms with Gasteiger partial charge in [0, 0.05) is 9.13 Å². The van der Waals surface area contributed by atoms with Crippen LogP contribution in [-0.4, -0.2) is 18.2 Å². The number of hydrogen-bond donors (Lipinski definition) is 2. The fraction of sp³-hybridized carbons (Fsp3) is 0.222. The molecule has 0 aliphatic heterocycles. The minimum Gasteiger partial charge on any atom is -0.506 e. The summed E-state index contributed by atoms with van der Waals surface area (Å²) in [6.45, 7) is 0. The first-order valence-electron chi connectivity index (χ1n) is 3.98. The van der Waals surface area contributed by atoms with Crippen LogP contribution in [0, 0.1) is 7.14 Å². The largest absolute Gasteiger partial charge is 0.506 e. The molecule has 0 aliphatic rings. The standard InChI is InChI=1S/C9H9I2NO3.ClH/c1-15-9(14)7(12)5-2-4(10)3-6(11)8(5)13;/h2-3,7,13H,12H2,1H3;1H/t7-;/m1./s1. The number of phenols is 1. The molecule has 1 aromatic carbocycles. The van der Waals surface area contributed by atoms with E-state index in [1.807, 2.05) is 22.6 Å². The van der Waals surface area contributed by atoms with Crippen molar-refractivity contribution in [3.63, 3.8) is 0 Å². The Morgan fingerprint density at radius 3 is 2.56 bits per heavy atom. The van der Waals surface area contributed by atoms with Gasteiger partial charge >= 0.3 is 5.97 Å². The van der Waals surface area contributed by atoms with Gasteiger partial charge in [0.15, 0.2) is 0 Å². The molecule has 0 bridgehead atoms. The third kappa shape index (κ3) is 3.60. The summed E-state index contributed by atoms with van der Waals surface area (Å²) in [5, 5.41) is 9.74. The molecule has 4 nitrogen and oxygen atoms in total. The molecular formula is C9H10ClI2NO3. The molecular weight excluding hydrogens is 459 g/mol. The molecule has 1 atom stereocenters. The molecule has 16 heavy (non-hydrogen) atoms. The lowest BCUT2D eigenvalue weighted by Gasteiger charge is -2.12. The number of esters is 1. The monoisotopic (exact) mass is 469 g/mol. The summed E-state index contributed by atoms with van der Waals surface area (Å²) in [6.07, 6.45) is 0. The van der Waals surface area contributed by atoms with Gasteiger partial charge in [0.1, 0.15) is 11.8 Å². The molecule has 7 heteroatoms. The minimum atomic E-state index is -0.946. The number of hydrogen-bond acceptors (Lipinski definition) is 4. The zero-order valence-corrected chi connectivity index (χ0v) is 13.4. The van der Waals surface area contributed by atoms with Crippen molar-refractivity contribution in [2.75, 3.05) is 7.11 Å². The van der Waals surface area contributed by atoms with Crippen molar-refractivity contribution in [1.29, 1.82) is 0 Å². The summed E-state index contributed by atoms with van der Waals surface area (Å²) in [5.41, 5.74) is 6.03. The first-order chi connectivity index (χ1) is 6.97. The van der Waals surface area contributed by atoms with Gasteiger partial charge in [0.05, 0.1) is 10.7 Å². The number of rotatable bonds is 2. The summed E-state index contributed by atoms with van der Waals surface area (Å²) >= 11 is 4.07. The molecule has 0 unspecified atom stereocenters. The number of carbonyl (C=O) groups is 1. The van der Waals surface area contributed by atoms with Crippen LogP contribution < -0.4 is 5.73 Å². The fourth-order valence-corrected chi connectivity index (χ4v) is 2.97. The van der Waals surface area contributed by atoms with Crippen molar-refractivity contribution in [2.24, 2.45) is 5.73 Å². The lowest BCUT2D eigenvalue weighted by atomic mass is 10.1. The van der Waals surface area contributed by atoms with Gasteiger partial charge in [-0.1, -0.05) is 0 Å². The van der Waals surface area contributed by atoms with Crippen LogP contribution in [0.3, 0.4) is 0 Å². The molecule has 0 saturated heterocycles. The Morgan fingerprint density at radius 1 is 1.50 bits per heavy atom. The summed E-state index contributed by atoms with van der Waals surface area (Å²) in [7, 11) is 1.26. The molecule has 0 spiro atoms. The van der Waals surface area contributed by atoms with E-state index in [1.54, 1.807) is 12.1 Å². The van der Waals surface area contributed by atoms with Gasteiger partial charge in [-0.05, 0) is 57.3 Å². The number of benzene rings is 1. The Bertz CT molecular complexity index is 401. The van der Waals surface area contributed by atoms with Crippen LogP contribution in [0.4, 0.5) is 0 Å².